The number of aliphatic hydroxyl groups is 3. The largest absolute Gasteiger partial charge is 0.394 e. The number of ether oxygens (including phenoxy) is 1. The lowest BCUT2D eigenvalue weighted by molar-refractivity contribution is -0.0987. The number of hydrogen-bond donors (Lipinski definition) is 4. The number of aromatic nitrogens is 2. The summed E-state index contributed by atoms with van der Waals surface area (Å²) in [5.41, 5.74) is -3.10. The number of aromatic amines is 1. The van der Waals surface area contributed by atoms with Crippen LogP contribution in [0.4, 0.5) is 0 Å². The molecule has 4 N–H and O–H groups in total. The Kier molecular flexibility index (Phi) is 3.11. The second-order valence-electron chi connectivity index (χ2n) is 4.40. The maximum absolute atomic E-state index is 11.6. The third kappa shape index (κ3) is 1.89. The van der Waals surface area contributed by atoms with E-state index in [-0.39, 0.29) is 0 Å². The molecule has 0 radical (unpaired) electrons. The lowest BCUT2D eigenvalue weighted by atomic mass is 9.96. The number of aliphatic hydroxyl groups excluding tert-OH is 2. The molecule has 0 aromatic carbocycles. The van der Waals surface area contributed by atoms with Gasteiger partial charge in [0.25, 0.3) is 5.56 Å². The van der Waals surface area contributed by atoms with Crippen LogP contribution in [0.15, 0.2) is 21.9 Å². The SMILES string of the molecule is CC1(O)C(n2ccc(=O)[nH]c2=O)OC(CO)[C@@H]1O. The standard InChI is InChI=1S/C10H14N2O6/c1-10(17)7(15)5(4-13)18-8(10)12-3-2-6(14)11-9(12)16/h2-3,5,7-8,13,15,17H,4H2,1H3,(H,11,14,16)/t5?,7-,8?,10?/m0/s1. The third-order valence-electron chi connectivity index (χ3n) is 3.04. The van der Waals surface area contributed by atoms with Gasteiger partial charge in [-0.3, -0.25) is 14.3 Å². The van der Waals surface area contributed by atoms with Crippen molar-refractivity contribution in [3.05, 3.63) is 33.1 Å². The highest BCUT2D eigenvalue weighted by atomic mass is 16.6. The molecule has 8 heteroatoms. The van der Waals surface area contributed by atoms with Crippen LogP contribution in [-0.4, -0.2) is 49.3 Å². The van der Waals surface area contributed by atoms with Gasteiger partial charge in [-0.1, -0.05) is 0 Å². The van der Waals surface area contributed by atoms with Gasteiger partial charge < -0.3 is 20.1 Å². The van der Waals surface area contributed by atoms with Crippen LogP contribution in [0.3, 0.4) is 0 Å². The molecule has 1 aromatic heterocycles. The van der Waals surface area contributed by atoms with Gasteiger partial charge in [0, 0.05) is 12.3 Å². The summed E-state index contributed by atoms with van der Waals surface area (Å²) in [6, 6.07) is 1.10. The zero-order chi connectivity index (χ0) is 13.5. The minimum absolute atomic E-state index is 0.494. The lowest BCUT2D eigenvalue weighted by Crippen LogP contribution is -2.46. The quantitative estimate of drug-likeness (QED) is 0.466. The second kappa shape index (κ2) is 4.32. The predicted octanol–water partition coefficient (Wildman–Crippen LogP) is -2.46. The van der Waals surface area contributed by atoms with E-state index in [1.165, 1.54) is 6.92 Å². The van der Waals surface area contributed by atoms with E-state index >= 15 is 0 Å². The minimum atomic E-state index is -1.75. The van der Waals surface area contributed by atoms with Gasteiger partial charge in [-0.05, 0) is 6.92 Å². The third-order valence-corrected chi connectivity index (χ3v) is 3.04. The fraction of sp³-hybridized carbons (Fsp3) is 0.600. The molecule has 2 rings (SSSR count). The van der Waals surface area contributed by atoms with Crippen LogP contribution >= 0.6 is 0 Å². The number of H-pyrrole nitrogens is 1. The fourth-order valence-electron chi connectivity index (χ4n) is 2.00. The molecule has 1 aliphatic rings. The van der Waals surface area contributed by atoms with Crippen LogP contribution in [-0.2, 0) is 4.74 Å². The topological polar surface area (TPSA) is 125 Å². The van der Waals surface area contributed by atoms with Crippen LogP contribution in [0, 0.1) is 0 Å². The van der Waals surface area contributed by atoms with Crippen molar-refractivity contribution in [1.82, 2.24) is 9.55 Å². The summed E-state index contributed by atoms with van der Waals surface area (Å²) < 4.78 is 6.19. The van der Waals surface area contributed by atoms with Gasteiger partial charge in [0.15, 0.2) is 6.23 Å². The van der Waals surface area contributed by atoms with E-state index in [1.54, 1.807) is 0 Å². The van der Waals surface area contributed by atoms with Gasteiger partial charge in [0.1, 0.15) is 17.8 Å². The average molecular weight is 258 g/mol. The first-order valence-electron chi connectivity index (χ1n) is 5.36. The first kappa shape index (κ1) is 13.0. The molecular formula is C10H14N2O6. The molecule has 100 valence electrons. The molecule has 1 fully saturated rings. The predicted molar refractivity (Wildman–Crippen MR) is 58.9 cm³/mol. The van der Waals surface area contributed by atoms with Crippen molar-refractivity contribution in [2.45, 2.75) is 31.0 Å². The van der Waals surface area contributed by atoms with Crippen molar-refractivity contribution in [3.63, 3.8) is 0 Å². The molecule has 1 aromatic rings. The number of nitrogens with zero attached hydrogens (tertiary/aromatic N) is 1. The lowest BCUT2D eigenvalue weighted by Gasteiger charge is -2.27. The Bertz CT molecular complexity index is 548. The molecule has 4 atom stereocenters. The molecule has 2 heterocycles. The minimum Gasteiger partial charge on any atom is -0.394 e. The summed E-state index contributed by atoms with van der Waals surface area (Å²) in [7, 11) is 0. The molecule has 0 amide bonds. The van der Waals surface area contributed by atoms with Gasteiger partial charge in [-0.25, -0.2) is 4.79 Å². The molecule has 0 aliphatic carbocycles. The van der Waals surface area contributed by atoms with Gasteiger partial charge in [0.05, 0.1) is 6.61 Å². The maximum atomic E-state index is 11.6. The molecule has 0 saturated carbocycles. The van der Waals surface area contributed by atoms with E-state index in [9.17, 15) is 19.8 Å². The number of nitrogens with one attached hydrogen (secondary N) is 1. The Morgan fingerprint density at radius 3 is 2.72 bits per heavy atom. The van der Waals surface area contributed by atoms with E-state index in [0.29, 0.717) is 0 Å². The smallest absolute Gasteiger partial charge is 0.330 e. The molecular weight excluding hydrogens is 244 g/mol. The first-order chi connectivity index (χ1) is 8.37. The van der Waals surface area contributed by atoms with Crippen molar-refractivity contribution in [3.8, 4) is 0 Å². The molecule has 0 bridgehead atoms. The monoisotopic (exact) mass is 258 g/mol. The zero-order valence-corrected chi connectivity index (χ0v) is 9.61. The van der Waals surface area contributed by atoms with Crippen molar-refractivity contribution < 1.29 is 20.1 Å². The van der Waals surface area contributed by atoms with Crippen LogP contribution in [0.2, 0.25) is 0 Å². The molecule has 3 unspecified atom stereocenters. The van der Waals surface area contributed by atoms with Crippen molar-refractivity contribution in [1.29, 1.82) is 0 Å². The Labute approximate surface area is 101 Å². The highest BCUT2D eigenvalue weighted by Crippen LogP contribution is 2.36. The summed E-state index contributed by atoms with van der Waals surface area (Å²) in [5.74, 6) is 0. The summed E-state index contributed by atoms with van der Waals surface area (Å²) >= 11 is 0. The Morgan fingerprint density at radius 1 is 1.56 bits per heavy atom. The van der Waals surface area contributed by atoms with E-state index in [0.717, 1.165) is 16.8 Å². The van der Waals surface area contributed by atoms with Crippen molar-refractivity contribution >= 4 is 0 Å². The fourth-order valence-corrected chi connectivity index (χ4v) is 2.00. The molecule has 0 spiro atoms. The first-order valence-corrected chi connectivity index (χ1v) is 5.36. The summed E-state index contributed by atoms with van der Waals surface area (Å²) in [4.78, 5) is 24.5. The molecule has 8 nitrogen and oxygen atoms in total. The molecule has 18 heavy (non-hydrogen) atoms. The Morgan fingerprint density at radius 2 is 2.22 bits per heavy atom. The van der Waals surface area contributed by atoms with Crippen molar-refractivity contribution in [2.24, 2.45) is 0 Å². The van der Waals surface area contributed by atoms with Crippen LogP contribution < -0.4 is 11.2 Å². The molecule has 1 saturated heterocycles. The normalized spacial score (nSPS) is 35.9. The average Bonchev–Trinajstić information content (AvgIpc) is 2.52. The van der Waals surface area contributed by atoms with Crippen LogP contribution in [0.1, 0.15) is 13.2 Å². The maximum Gasteiger partial charge on any atom is 0.330 e. The van der Waals surface area contributed by atoms with Crippen LogP contribution in [0.5, 0.6) is 0 Å². The Balaban J connectivity index is 2.45. The summed E-state index contributed by atoms with van der Waals surface area (Å²) in [5, 5.41) is 28.9. The van der Waals surface area contributed by atoms with Gasteiger partial charge in [-0.2, -0.15) is 0 Å². The Hall–Kier alpha value is -1.48. The number of hydrogen-bond acceptors (Lipinski definition) is 6. The van der Waals surface area contributed by atoms with Crippen molar-refractivity contribution in [2.75, 3.05) is 6.61 Å². The van der Waals surface area contributed by atoms with Gasteiger partial charge in [0.2, 0.25) is 0 Å². The summed E-state index contributed by atoms with van der Waals surface area (Å²) in [6.45, 7) is 0.793. The van der Waals surface area contributed by atoms with E-state index in [2.05, 4.69) is 0 Å². The van der Waals surface area contributed by atoms with Gasteiger partial charge >= 0.3 is 5.69 Å². The van der Waals surface area contributed by atoms with E-state index in [4.69, 9.17) is 9.84 Å². The number of rotatable bonds is 2. The summed E-state index contributed by atoms with van der Waals surface area (Å²) in [6.07, 6.45) is -2.36. The highest BCUT2D eigenvalue weighted by Gasteiger charge is 2.53. The van der Waals surface area contributed by atoms with E-state index in [1.807, 2.05) is 4.98 Å². The zero-order valence-electron chi connectivity index (χ0n) is 9.61. The van der Waals surface area contributed by atoms with Crippen LogP contribution in [0.25, 0.3) is 0 Å². The van der Waals surface area contributed by atoms with Gasteiger partial charge in [-0.15, -0.1) is 0 Å². The van der Waals surface area contributed by atoms with E-state index < -0.39 is 41.9 Å². The second-order valence-corrected chi connectivity index (χ2v) is 4.40. The highest BCUT2D eigenvalue weighted by molar-refractivity contribution is 5.00. The molecule has 1 aliphatic heterocycles.